The van der Waals surface area contributed by atoms with Gasteiger partial charge in [0, 0.05) is 32.6 Å². The summed E-state index contributed by atoms with van der Waals surface area (Å²) in [5, 5.41) is 0. The molecule has 1 aliphatic rings. The molecule has 6 heteroatoms. The van der Waals surface area contributed by atoms with E-state index >= 15 is 0 Å². The quantitative estimate of drug-likeness (QED) is 0.813. The largest absolute Gasteiger partial charge is 0.496 e. The second-order valence-corrected chi connectivity index (χ2v) is 6.50. The lowest BCUT2D eigenvalue weighted by Gasteiger charge is -2.35. The number of aryl methyl sites for hydroxylation is 1. The van der Waals surface area contributed by atoms with Crippen LogP contribution in [0, 0.1) is 5.82 Å². The summed E-state index contributed by atoms with van der Waals surface area (Å²) in [7, 11) is 1.55. The van der Waals surface area contributed by atoms with E-state index in [4.69, 9.17) is 4.74 Å². The molecule has 1 aliphatic heterocycles. The number of hydrogen-bond acceptors (Lipinski definition) is 3. The molecule has 2 amide bonds. The molecule has 3 rings (SSSR count). The van der Waals surface area contributed by atoms with Crippen LogP contribution in [0.15, 0.2) is 48.5 Å². The number of amides is 2. The fourth-order valence-corrected chi connectivity index (χ4v) is 3.21. The highest BCUT2D eigenvalue weighted by atomic mass is 19.1. The van der Waals surface area contributed by atoms with Gasteiger partial charge in [0.2, 0.25) is 5.91 Å². The lowest BCUT2D eigenvalue weighted by molar-refractivity contribution is -0.132. The minimum Gasteiger partial charge on any atom is -0.496 e. The molecule has 1 fully saturated rings. The Hall–Kier alpha value is -2.89. The highest BCUT2D eigenvalue weighted by molar-refractivity contribution is 5.97. The number of benzene rings is 2. The molecule has 5 nitrogen and oxygen atoms in total. The van der Waals surface area contributed by atoms with Gasteiger partial charge in [-0.05, 0) is 36.2 Å². The predicted octanol–water partition coefficient (Wildman–Crippen LogP) is 2.75. The van der Waals surface area contributed by atoms with E-state index in [-0.39, 0.29) is 17.6 Å². The van der Waals surface area contributed by atoms with Gasteiger partial charge in [0.1, 0.15) is 11.6 Å². The van der Waals surface area contributed by atoms with E-state index in [1.54, 1.807) is 41.2 Å². The third-order valence-corrected chi connectivity index (χ3v) is 4.80. The zero-order valence-corrected chi connectivity index (χ0v) is 15.4. The van der Waals surface area contributed by atoms with Crippen molar-refractivity contribution in [1.29, 1.82) is 0 Å². The predicted molar refractivity (Wildman–Crippen MR) is 100 cm³/mol. The number of piperazine rings is 1. The van der Waals surface area contributed by atoms with Crippen LogP contribution in [-0.2, 0) is 11.2 Å². The van der Waals surface area contributed by atoms with Crippen LogP contribution in [0.1, 0.15) is 22.3 Å². The number of ether oxygens (including phenoxy) is 1. The lowest BCUT2D eigenvalue weighted by Crippen LogP contribution is -2.50. The van der Waals surface area contributed by atoms with Gasteiger partial charge in [-0.2, -0.15) is 0 Å². The van der Waals surface area contributed by atoms with Crippen molar-refractivity contribution in [1.82, 2.24) is 9.80 Å². The third-order valence-electron chi connectivity index (χ3n) is 4.80. The fraction of sp³-hybridized carbons (Fsp3) is 0.333. The Kier molecular flexibility index (Phi) is 6.06. The fourth-order valence-electron chi connectivity index (χ4n) is 3.21. The molecule has 2 aromatic rings. The van der Waals surface area contributed by atoms with E-state index in [1.807, 2.05) is 12.1 Å². The summed E-state index contributed by atoms with van der Waals surface area (Å²) in [6.45, 7) is 2.03. The van der Waals surface area contributed by atoms with E-state index in [0.717, 1.165) is 5.56 Å². The van der Waals surface area contributed by atoms with Crippen LogP contribution >= 0.6 is 0 Å². The summed E-state index contributed by atoms with van der Waals surface area (Å²) in [5.74, 6) is 0.260. The first-order valence-electron chi connectivity index (χ1n) is 9.03. The van der Waals surface area contributed by atoms with Crippen molar-refractivity contribution in [2.45, 2.75) is 12.8 Å². The van der Waals surface area contributed by atoms with Gasteiger partial charge in [-0.15, -0.1) is 0 Å². The minimum atomic E-state index is -0.277. The van der Waals surface area contributed by atoms with Crippen LogP contribution in [0.25, 0.3) is 0 Å². The van der Waals surface area contributed by atoms with E-state index in [1.165, 1.54) is 12.1 Å². The molecule has 142 valence electrons. The van der Waals surface area contributed by atoms with Gasteiger partial charge in [0.15, 0.2) is 0 Å². The standard InChI is InChI=1S/C21H23FN2O3/c1-27-19-5-3-2-4-18(19)21(26)24-14-12-23(13-15-24)20(25)11-8-16-6-9-17(22)10-7-16/h2-7,9-10H,8,11-15H2,1H3. The number of methoxy groups -OCH3 is 1. The minimum absolute atomic E-state index is 0.0590. The van der Waals surface area contributed by atoms with E-state index < -0.39 is 0 Å². The van der Waals surface area contributed by atoms with Crippen LogP contribution in [0.5, 0.6) is 5.75 Å². The van der Waals surface area contributed by atoms with Crippen LogP contribution < -0.4 is 4.74 Å². The third kappa shape index (κ3) is 4.64. The summed E-state index contributed by atoms with van der Waals surface area (Å²) in [6, 6.07) is 13.4. The molecule has 0 radical (unpaired) electrons. The number of para-hydroxylation sites is 1. The lowest BCUT2D eigenvalue weighted by atomic mass is 10.1. The van der Waals surface area contributed by atoms with Crippen LogP contribution in [0.3, 0.4) is 0 Å². The number of rotatable bonds is 5. The Morgan fingerprint density at radius 2 is 1.59 bits per heavy atom. The maximum atomic E-state index is 12.9. The van der Waals surface area contributed by atoms with E-state index in [9.17, 15) is 14.0 Å². The Balaban J connectivity index is 1.51. The van der Waals surface area contributed by atoms with E-state index in [0.29, 0.717) is 50.3 Å². The molecule has 1 saturated heterocycles. The molecule has 0 saturated carbocycles. The molecular weight excluding hydrogens is 347 g/mol. The first kappa shape index (κ1) is 18.9. The molecule has 0 atom stereocenters. The number of hydrogen-bond donors (Lipinski definition) is 0. The second-order valence-electron chi connectivity index (χ2n) is 6.50. The number of nitrogens with zero attached hydrogens (tertiary/aromatic N) is 2. The maximum absolute atomic E-state index is 12.9. The van der Waals surface area contributed by atoms with Gasteiger partial charge in [-0.25, -0.2) is 4.39 Å². The SMILES string of the molecule is COc1ccccc1C(=O)N1CCN(C(=O)CCc2ccc(F)cc2)CC1. The molecule has 0 aliphatic carbocycles. The molecule has 1 heterocycles. The molecule has 27 heavy (non-hydrogen) atoms. The van der Waals surface area contributed by atoms with Crippen LogP contribution in [0.4, 0.5) is 4.39 Å². The van der Waals surface area contributed by atoms with Crippen molar-refractivity contribution in [3.63, 3.8) is 0 Å². The highest BCUT2D eigenvalue weighted by Gasteiger charge is 2.26. The normalized spacial score (nSPS) is 14.1. The Morgan fingerprint density at radius 3 is 2.26 bits per heavy atom. The van der Waals surface area contributed by atoms with E-state index in [2.05, 4.69) is 0 Å². The average Bonchev–Trinajstić information content (AvgIpc) is 2.72. The number of carbonyl (C=O) groups is 2. The Labute approximate surface area is 158 Å². The summed E-state index contributed by atoms with van der Waals surface area (Å²) >= 11 is 0. The first-order chi connectivity index (χ1) is 13.1. The van der Waals surface area contributed by atoms with Gasteiger partial charge < -0.3 is 14.5 Å². The van der Waals surface area contributed by atoms with Crippen LogP contribution in [0.2, 0.25) is 0 Å². The smallest absolute Gasteiger partial charge is 0.257 e. The van der Waals surface area contributed by atoms with Gasteiger partial charge in [0.25, 0.3) is 5.91 Å². The second kappa shape index (κ2) is 8.66. The summed E-state index contributed by atoms with van der Waals surface area (Å²) < 4.78 is 18.2. The molecule has 0 N–H and O–H groups in total. The molecule has 0 bridgehead atoms. The monoisotopic (exact) mass is 370 g/mol. The van der Waals surface area contributed by atoms with Gasteiger partial charge in [-0.1, -0.05) is 24.3 Å². The molecular formula is C21H23FN2O3. The average molecular weight is 370 g/mol. The highest BCUT2D eigenvalue weighted by Crippen LogP contribution is 2.20. The van der Waals surface area contributed by atoms with Crippen molar-refractivity contribution in [2.75, 3.05) is 33.3 Å². The zero-order valence-electron chi connectivity index (χ0n) is 15.4. The summed E-state index contributed by atoms with van der Waals surface area (Å²) in [5.41, 5.74) is 1.48. The molecule has 0 unspecified atom stereocenters. The van der Waals surface area contributed by atoms with Crippen molar-refractivity contribution in [2.24, 2.45) is 0 Å². The Bertz CT molecular complexity index is 799. The van der Waals surface area contributed by atoms with Crippen molar-refractivity contribution < 1.29 is 18.7 Å². The van der Waals surface area contributed by atoms with Gasteiger partial charge >= 0.3 is 0 Å². The number of carbonyl (C=O) groups excluding carboxylic acids is 2. The molecule has 2 aromatic carbocycles. The Morgan fingerprint density at radius 1 is 0.963 bits per heavy atom. The van der Waals surface area contributed by atoms with Crippen molar-refractivity contribution >= 4 is 11.8 Å². The van der Waals surface area contributed by atoms with Crippen molar-refractivity contribution in [3.8, 4) is 5.75 Å². The molecule has 0 aromatic heterocycles. The maximum Gasteiger partial charge on any atom is 0.257 e. The summed E-state index contributed by atoms with van der Waals surface area (Å²) in [4.78, 5) is 28.7. The molecule has 0 spiro atoms. The number of halogens is 1. The topological polar surface area (TPSA) is 49.9 Å². The van der Waals surface area contributed by atoms with Crippen molar-refractivity contribution in [3.05, 3.63) is 65.5 Å². The zero-order chi connectivity index (χ0) is 19.2. The summed E-state index contributed by atoms with van der Waals surface area (Å²) in [6.07, 6.45) is 0.964. The van der Waals surface area contributed by atoms with Gasteiger partial charge in [-0.3, -0.25) is 9.59 Å². The van der Waals surface area contributed by atoms with Gasteiger partial charge in [0.05, 0.1) is 12.7 Å². The first-order valence-corrected chi connectivity index (χ1v) is 9.03. The van der Waals surface area contributed by atoms with Crippen LogP contribution in [-0.4, -0.2) is 54.9 Å².